The van der Waals surface area contributed by atoms with E-state index in [0.29, 0.717) is 23.5 Å². The van der Waals surface area contributed by atoms with Gasteiger partial charge in [0.05, 0.1) is 0 Å². The zero-order valence-corrected chi connectivity index (χ0v) is 15.2. The van der Waals surface area contributed by atoms with Crippen LogP contribution in [0.15, 0.2) is 12.2 Å². The van der Waals surface area contributed by atoms with Crippen molar-refractivity contribution in [1.29, 1.82) is 0 Å². The van der Waals surface area contributed by atoms with Gasteiger partial charge in [-0.25, -0.2) is 0 Å². The molecule has 0 aromatic carbocycles. The monoisotopic (exact) mass is 330 g/mol. The van der Waals surface area contributed by atoms with Gasteiger partial charge in [-0.1, -0.05) is 19.9 Å². The topological polar surface area (TPSA) is 43.4 Å². The third-order valence-corrected chi connectivity index (χ3v) is 8.27. The fraction of sp³-hybridized carbons (Fsp3) is 0.810. The van der Waals surface area contributed by atoms with Crippen molar-refractivity contribution in [2.24, 2.45) is 34.5 Å². The Labute approximate surface area is 145 Å². The average Bonchev–Trinajstić information content (AvgIpc) is 2.83. The second-order valence-electron chi connectivity index (χ2n) is 9.24. The lowest BCUT2D eigenvalue weighted by Crippen LogP contribution is -2.54. The maximum absolute atomic E-state index is 12.4. The highest BCUT2D eigenvalue weighted by molar-refractivity contribution is 5.93. The molecule has 0 aromatic heterocycles. The van der Waals surface area contributed by atoms with Crippen LogP contribution in [-0.4, -0.2) is 17.9 Å². The second-order valence-corrected chi connectivity index (χ2v) is 9.24. The molecule has 4 aliphatic carbocycles. The summed E-state index contributed by atoms with van der Waals surface area (Å²) in [7, 11) is 0. The number of ether oxygens (including phenoxy) is 1. The van der Waals surface area contributed by atoms with Crippen LogP contribution in [0.3, 0.4) is 0 Å². The summed E-state index contributed by atoms with van der Waals surface area (Å²) >= 11 is 0. The first-order valence-electron chi connectivity index (χ1n) is 9.74. The summed E-state index contributed by atoms with van der Waals surface area (Å²) in [5, 5.41) is 0. The van der Waals surface area contributed by atoms with Gasteiger partial charge in [0.15, 0.2) is 5.78 Å². The number of carbonyl (C=O) groups excluding carboxylic acids is 2. The molecule has 0 aliphatic heterocycles. The van der Waals surface area contributed by atoms with Crippen molar-refractivity contribution in [1.82, 2.24) is 0 Å². The van der Waals surface area contributed by atoms with Gasteiger partial charge in [0.25, 0.3) is 0 Å². The van der Waals surface area contributed by atoms with Crippen molar-refractivity contribution in [2.75, 3.05) is 0 Å². The van der Waals surface area contributed by atoms with Crippen LogP contribution in [0.5, 0.6) is 0 Å². The molecule has 3 saturated carbocycles. The first kappa shape index (κ1) is 16.4. The minimum absolute atomic E-state index is 0.0966. The van der Waals surface area contributed by atoms with Gasteiger partial charge in [0.2, 0.25) is 0 Å². The quantitative estimate of drug-likeness (QED) is 0.673. The van der Waals surface area contributed by atoms with Gasteiger partial charge in [-0.15, -0.1) is 0 Å². The number of ketones is 1. The summed E-state index contributed by atoms with van der Waals surface area (Å²) in [6, 6.07) is 0. The molecule has 0 heterocycles. The molecule has 3 nitrogen and oxygen atoms in total. The standard InChI is InChI=1S/C21H30O3/c1-13(22)24-19-9-8-15-14-6-7-17-18(23)5-4-11-20(17,2)16(14)10-12-21(15,19)3/h4-5,14-17,19H,6-12H2,1-3H3/t14-,15-,16-,17-,19-,20+,21-/m0/s1. The molecule has 0 N–H and O–H groups in total. The van der Waals surface area contributed by atoms with E-state index in [-0.39, 0.29) is 28.8 Å². The third-order valence-electron chi connectivity index (χ3n) is 8.27. The molecule has 3 heteroatoms. The highest BCUT2D eigenvalue weighted by Gasteiger charge is 2.61. The Morgan fingerprint density at radius 1 is 1.08 bits per heavy atom. The first-order valence-corrected chi connectivity index (χ1v) is 9.74. The third kappa shape index (κ3) is 2.16. The summed E-state index contributed by atoms with van der Waals surface area (Å²) < 4.78 is 5.71. The van der Waals surface area contributed by atoms with Crippen molar-refractivity contribution >= 4 is 11.8 Å². The number of allylic oxidation sites excluding steroid dienone is 2. The van der Waals surface area contributed by atoms with Crippen LogP contribution in [-0.2, 0) is 14.3 Å². The SMILES string of the molecule is CC(=O)O[C@H]1CC[C@H]2[C@@H]3CC[C@H]4C(=O)C=CC[C@]4(C)[C@H]3CC[C@]12C. The van der Waals surface area contributed by atoms with Crippen molar-refractivity contribution in [3.63, 3.8) is 0 Å². The summed E-state index contributed by atoms with van der Waals surface area (Å²) in [6.07, 6.45) is 11.8. The van der Waals surface area contributed by atoms with Gasteiger partial charge in [-0.05, 0) is 74.2 Å². The van der Waals surface area contributed by atoms with Crippen LogP contribution in [0.1, 0.15) is 65.7 Å². The number of fused-ring (bicyclic) bond motifs is 5. The van der Waals surface area contributed by atoms with E-state index in [4.69, 9.17) is 4.74 Å². The Bertz CT molecular complexity index is 594. The van der Waals surface area contributed by atoms with Gasteiger partial charge < -0.3 is 4.74 Å². The van der Waals surface area contributed by atoms with Crippen molar-refractivity contribution in [3.05, 3.63) is 12.2 Å². The van der Waals surface area contributed by atoms with Gasteiger partial charge >= 0.3 is 5.97 Å². The molecule has 3 fully saturated rings. The lowest BCUT2D eigenvalue weighted by Gasteiger charge is -2.58. The Kier molecular flexibility index (Phi) is 3.71. The molecule has 0 spiro atoms. The van der Waals surface area contributed by atoms with E-state index >= 15 is 0 Å². The van der Waals surface area contributed by atoms with Crippen LogP contribution < -0.4 is 0 Å². The molecular formula is C21H30O3. The lowest BCUT2D eigenvalue weighted by molar-refractivity contribution is -0.161. The van der Waals surface area contributed by atoms with E-state index in [2.05, 4.69) is 19.9 Å². The van der Waals surface area contributed by atoms with Crippen LogP contribution in [0.2, 0.25) is 0 Å². The molecule has 0 bridgehead atoms. The molecule has 0 unspecified atom stereocenters. The minimum atomic E-state index is -0.136. The van der Waals surface area contributed by atoms with Gasteiger partial charge in [0, 0.05) is 18.3 Å². The molecule has 24 heavy (non-hydrogen) atoms. The van der Waals surface area contributed by atoms with Crippen molar-refractivity contribution < 1.29 is 14.3 Å². The Balaban J connectivity index is 1.62. The number of hydrogen-bond acceptors (Lipinski definition) is 3. The van der Waals surface area contributed by atoms with E-state index in [9.17, 15) is 9.59 Å². The van der Waals surface area contributed by atoms with E-state index in [0.717, 1.165) is 25.7 Å². The Morgan fingerprint density at radius 3 is 2.58 bits per heavy atom. The van der Waals surface area contributed by atoms with Crippen molar-refractivity contribution in [2.45, 2.75) is 71.8 Å². The molecule has 0 amide bonds. The number of rotatable bonds is 1. The first-order chi connectivity index (χ1) is 11.4. The molecule has 4 rings (SSSR count). The largest absolute Gasteiger partial charge is 0.462 e. The predicted octanol–water partition coefficient (Wildman–Crippen LogP) is 4.31. The number of esters is 1. The van der Waals surface area contributed by atoms with Gasteiger partial charge in [-0.3, -0.25) is 9.59 Å². The summed E-state index contributed by atoms with van der Waals surface area (Å²) in [5.41, 5.74) is 0.292. The van der Waals surface area contributed by atoms with Crippen LogP contribution in [0.25, 0.3) is 0 Å². The summed E-state index contributed by atoms with van der Waals surface area (Å²) in [4.78, 5) is 23.9. The maximum Gasteiger partial charge on any atom is 0.302 e. The zero-order valence-electron chi connectivity index (χ0n) is 15.2. The van der Waals surface area contributed by atoms with E-state index < -0.39 is 0 Å². The second kappa shape index (κ2) is 5.44. The van der Waals surface area contributed by atoms with Crippen molar-refractivity contribution in [3.8, 4) is 0 Å². The summed E-state index contributed by atoms with van der Waals surface area (Å²) in [6.45, 7) is 6.26. The maximum atomic E-state index is 12.4. The van der Waals surface area contributed by atoms with Gasteiger partial charge in [-0.2, -0.15) is 0 Å². The highest BCUT2D eigenvalue weighted by Crippen LogP contribution is 2.65. The minimum Gasteiger partial charge on any atom is -0.462 e. The fourth-order valence-electron chi connectivity index (χ4n) is 7.11. The summed E-state index contributed by atoms with van der Waals surface area (Å²) in [5.74, 6) is 2.46. The fourth-order valence-corrected chi connectivity index (χ4v) is 7.11. The van der Waals surface area contributed by atoms with Crippen LogP contribution in [0.4, 0.5) is 0 Å². The van der Waals surface area contributed by atoms with E-state index in [1.165, 1.54) is 26.2 Å². The number of carbonyl (C=O) groups is 2. The Morgan fingerprint density at radius 2 is 1.83 bits per heavy atom. The van der Waals surface area contributed by atoms with Crippen LogP contribution in [0, 0.1) is 34.5 Å². The molecule has 132 valence electrons. The predicted molar refractivity (Wildman–Crippen MR) is 92.2 cm³/mol. The molecule has 4 aliphatic rings. The molecule has 7 atom stereocenters. The highest BCUT2D eigenvalue weighted by atomic mass is 16.5. The average molecular weight is 330 g/mol. The molecular weight excluding hydrogens is 300 g/mol. The van der Waals surface area contributed by atoms with Gasteiger partial charge in [0.1, 0.15) is 6.10 Å². The van der Waals surface area contributed by atoms with E-state index in [1.807, 2.05) is 6.08 Å². The normalized spacial score (nSPS) is 50.0. The van der Waals surface area contributed by atoms with Crippen LogP contribution >= 0.6 is 0 Å². The Hall–Kier alpha value is -1.12. The smallest absolute Gasteiger partial charge is 0.302 e. The molecule has 0 aromatic rings. The molecule has 0 radical (unpaired) electrons. The lowest BCUT2D eigenvalue weighted by atomic mass is 9.46. The van der Waals surface area contributed by atoms with E-state index in [1.54, 1.807) is 0 Å². The number of hydrogen-bond donors (Lipinski definition) is 0. The molecule has 0 saturated heterocycles. The zero-order chi connectivity index (χ0) is 17.1.